The molecule has 0 fully saturated rings. The van der Waals surface area contributed by atoms with E-state index in [9.17, 15) is 5.21 Å². The molecule has 0 amide bonds. The van der Waals surface area contributed by atoms with E-state index in [1.54, 1.807) is 0 Å². The molecule has 0 aliphatic carbocycles. The first kappa shape index (κ1) is 11.2. The highest BCUT2D eigenvalue weighted by atomic mass is 35.5. The summed E-state index contributed by atoms with van der Waals surface area (Å²) >= 11 is 5.54. The van der Waals surface area contributed by atoms with Crippen molar-refractivity contribution in [3.05, 3.63) is 5.21 Å². The molecule has 0 radical (unpaired) electrons. The monoisotopic (exact) mass is 179 g/mol. The first-order valence-corrected chi connectivity index (χ1v) is 4.85. The van der Waals surface area contributed by atoms with Crippen LogP contribution in [0.2, 0.25) is 0 Å². The molecular weight excluding hydrogens is 162 g/mol. The lowest BCUT2D eigenvalue weighted by Gasteiger charge is -2.42. The second kappa shape index (κ2) is 5.81. The molecule has 0 aliphatic heterocycles. The Morgan fingerprint density at radius 3 is 1.82 bits per heavy atom. The fourth-order valence-electron chi connectivity index (χ4n) is 1.30. The number of hydrogen-bond donors (Lipinski definition) is 0. The van der Waals surface area contributed by atoms with E-state index in [1.165, 1.54) is 0 Å². The number of hydroxylamine groups is 3. The first-order chi connectivity index (χ1) is 5.18. The number of hydrogen-bond acceptors (Lipinski definition) is 1. The minimum Gasteiger partial charge on any atom is -0.633 e. The molecule has 11 heavy (non-hydrogen) atoms. The Bertz CT molecular complexity index is 81.1. The van der Waals surface area contributed by atoms with Gasteiger partial charge in [-0.2, -0.15) is 0 Å². The maximum absolute atomic E-state index is 11.8. The standard InChI is InChI=1S/C8H18ClNO/c1-3-6-10(11,7-4-2)8-5-9/h3-8H2,1-2H3. The van der Waals surface area contributed by atoms with E-state index in [4.69, 9.17) is 11.6 Å². The van der Waals surface area contributed by atoms with Crippen LogP contribution < -0.4 is 0 Å². The summed E-state index contributed by atoms with van der Waals surface area (Å²) in [5.74, 6) is 0.476. The van der Waals surface area contributed by atoms with Crippen molar-refractivity contribution in [2.24, 2.45) is 0 Å². The van der Waals surface area contributed by atoms with Crippen LogP contribution in [0.4, 0.5) is 0 Å². The van der Waals surface area contributed by atoms with Crippen LogP contribution in [0.15, 0.2) is 0 Å². The third-order valence-corrected chi connectivity index (χ3v) is 1.92. The topological polar surface area (TPSA) is 23.1 Å². The average Bonchev–Trinajstić information content (AvgIpc) is 1.88. The minimum absolute atomic E-state index is 0.101. The zero-order chi connectivity index (χ0) is 8.74. The summed E-state index contributed by atoms with van der Waals surface area (Å²) < 4.78 is -0.101. The summed E-state index contributed by atoms with van der Waals surface area (Å²) in [4.78, 5) is 0. The summed E-state index contributed by atoms with van der Waals surface area (Å²) in [6.07, 6.45) is 1.89. The highest BCUT2D eigenvalue weighted by Gasteiger charge is 2.12. The summed E-state index contributed by atoms with van der Waals surface area (Å²) in [6, 6.07) is 0. The molecule has 0 N–H and O–H groups in total. The van der Waals surface area contributed by atoms with Gasteiger partial charge in [0.2, 0.25) is 0 Å². The molecule has 68 valence electrons. The van der Waals surface area contributed by atoms with Crippen molar-refractivity contribution in [1.82, 2.24) is 0 Å². The van der Waals surface area contributed by atoms with E-state index < -0.39 is 0 Å². The maximum atomic E-state index is 11.8. The molecule has 0 saturated carbocycles. The Kier molecular flexibility index (Phi) is 5.92. The molecule has 0 heterocycles. The van der Waals surface area contributed by atoms with Crippen molar-refractivity contribution in [3.8, 4) is 0 Å². The third kappa shape index (κ3) is 4.62. The van der Waals surface area contributed by atoms with E-state index in [1.807, 2.05) is 13.8 Å². The Hall–Kier alpha value is 0.210. The van der Waals surface area contributed by atoms with Crippen LogP contribution in [0.1, 0.15) is 26.7 Å². The lowest BCUT2D eigenvalue weighted by molar-refractivity contribution is -0.878. The van der Waals surface area contributed by atoms with Crippen LogP contribution in [0.25, 0.3) is 0 Å². The molecule has 0 atom stereocenters. The van der Waals surface area contributed by atoms with Gasteiger partial charge in [0, 0.05) is 0 Å². The van der Waals surface area contributed by atoms with Gasteiger partial charge < -0.3 is 9.85 Å². The fourth-order valence-corrected chi connectivity index (χ4v) is 1.61. The molecule has 0 unspecified atom stereocenters. The zero-order valence-corrected chi connectivity index (χ0v) is 8.23. The second-order valence-electron chi connectivity index (χ2n) is 2.92. The Balaban J connectivity index is 3.79. The summed E-state index contributed by atoms with van der Waals surface area (Å²) in [5, 5.41) is 11.8. The number of quaternary nitrogens is 1. The molecule has 0 spiro atoms. The zero-order valence-electron chi connectivity index (χ0n) is 7.48. The predicted molar refractivity (Wildman–Crippen MR) is 49.5 cm³/mol. The number of rotatable bonds is 6. The maximum Gasteiger partial charge on any atom is 0.0921 e. The molecule has 2 nitrogen and oxygen atoms in total. The Morgan fingerprint density at radius 1 is 1.09 bits per heavy atom. The van der Waals surface area contributed by atoms with Crippen molar-refractivity contribution in [1.29, 1.82) is 0 Å². The van der Waals surface area contributed by atoms with Crippen molar-refractivity contribution in [3.63, 3.8) is 0 Å². The number of nitrogens with zero attached hydrogens (tertiary/aromatic N) is 1. The molecule has 0 aromatic rings. The van der Waals surface area contributed by atoms with Crippen molar-refractivity contribution in [2.75, 3.05) is 25.5 Å². The van der Waals surface area contributed by atoms with Crippen LogP contribution in [0.3, 0.4) is 0 Å². The first-order valence-electron chi connectivity index (χ1n) is 4.31. The van der Waals surface area contributed by atoms with Gasteiger partial charge in [0.05, 0.1) is 25.5 Å². The SMILES string of the molecule is CCC[N+]([O-])(CCC)CCCl. The third-order valence-electron chi connectivity index (χ3n) is 1.75. The molecule has 0 aliphatic rings. The normalized spacial score (nSPS) is 12.0. The number of halogens is 1. The summed E-state index contributed by atoms with van der Waals surface area (Å²) in [7, 11) is 0. The fraction of sp³-hybridized carbons (Fsp3) is 1.00. The van der Waals surface area contributed by atoms with E-state index in [-0.39, 0.29) is 4.65 Å². The van der Waals surface area contributed by atoms with Gasteiger partial charge in [-0.05, 0) is 12.8 Å². The van der Waals surface area contributed by atoms with Crippen LogP contribution in [0.5, 0.6) is 0 Å². The molecule has 0 bridgehead atoms. The highest BCUT2D eigenvalue weighted by molar-refractivity contribution is 6.17. The van der Waals surface area contributed by atoms with Crippen LogP contribution in [-0.2, 0) is 0 Å². The average molecular weight is 180 g/mol. The quantitative estimate of drug-likeness (QED) is 0.349. The summed E-state index contributed by atoms with van der Waals surface area (Å²) in [6.45, 7) is 6.05. The van der Waals surface area contributed by atoms with Gasteiger partial charge in [-0.3, -0.25) is 0 Å². The van der Waals surface area contributed by atoms with Crippen molar-refractivity contribution >= 4 is 11.6 Å². The smallest absolute Gasteiger partial charge is 0.0921 e. The molecule has 0 saturated heterocycles. The van der Waals surface area contributed by atoms with Gasteiger partial charge in [-0.15, -0.1) is 11.6 Å². The van der Waals surface area contributed by atoms with Gasteiger partial charge in [-0.1, -0.05) is 13.8 Å². The van der Waals surface area contributed by atoms with E-state index >= 15 is 0 Å². The van der Waals surface area contributed by atoms with Gasteiger partial charge >= 0.3 is 0 Å². The molecule has 0 rings (SSSR count). The van der Waals surface area contributed by atoms with Crippen LogP contribution in [-0.4, -0.2) is 30.2 Å². The number of alkyl halides is 1. The van der Waals surface area contributed by atoms with Gasteiger partial charge in [0.15, 0.2) is 0 Å². The second-order valence-corrected chi connectivity index (χ2v) is 3.30. The van der Waals surface area contributed by atoms with Gasteiger partial charge in [-0.25, -0.2) is 0 Å². The Labute approximate surface area is 74.3 Å². The van der Waals surface area contributed by atoms with E-state index in [2.05, 4.69) is 0 Å². The predicted octanol–water partition coefficient (Wildman–Crippen LogP) is 2.36. The Morgan fingerprint density at radius 2 is 1.55 bits per heavy atom. The molecule has 0 aromatic carbocycles. The lowest BCUT2D eigenvalue weighted by Crippen LogP contribution is -2.44. The van der Waals surface area contributed by atoms with E-state index in [0.29, 0.717) is 25.5 Å². The van der Waals surface area contributed by atoms with Gasteiger partial charge in [0.1, 0.15) is 0 Å². The molecule has 0 aromatic heterocycles. The van der Waals surface area contributed by atoms with Crippen molar-refractivity contribution in [2.45, 2.75) is 26.7 Å². The molecule has 3 heteroatoms. The van der Waals surface area contributed by atoms with Crippen LogP contribution >= 0.6 is 11.6 Å². The van der Waals surface area contributed by atoms with Gasteiger partial charge in [0.25, 0.3) is 0 Å². The van der Waals surface area contributed by atoms with Crippen molar-refractivity contribution < 1.29 is 4.65 Å². The minimum atomic E-state index is -0.101. The molecular formula is C8H18ClNO. The summed E-state index contributed by atoms with van der Waals surface area (Å²) in [5.41, 5.74) is 0. The highest BCUT2D eigenvalue weighted by Crippen LogP contribution is 2.07. The van der Waals surface area contributed by atoms with E-state index in [0.717, 1.165) is 12.8 Å². The largest absolute Gasteiger partial charge is 0.633 e. The van der Waals surface area contributed by atoms with Crippen LogP contribution in [0, 0.1) is 5.21 Å². The lowest BCUT2D eigenvalue weighted by atomic mass is 10.3.